The van der Waals surface area contributed by atoms with Crippen LogP contribution in [0, 0.1) is 34.0 Å². The zero-order valence-electron chi connectivity index (χ0n) is 14.6. The largest absolute Gasteiger partial charge is 0.344 e. The number of rotatable bonds is 1. The number of hydrogen-bond donors (Lipinski definition) is 1. The highest BCUT2D eigenvalue weighted by Crippen LogP contribution is 2.91. The SMILES string of the molecule is C=C(C)C1CCC2C1(C)CCC1C34CCCC=C3CCC214.N. The third-order valence-corrected chi connectivity index (χ3v) is 9.04. The van der Waals surface area contributed by atoms with E-state index in [2.05, 4.69) is 26.5 Å². The summed E-state index contributed by atoms with van der Waals surface area (Å²) in [7, 11) is 0. The molecule has 1 heteroatoms. The van der Waals surface area contributed by atoms with Crippen molar-refractivity contribution in [1.82, 2.24) is 6.15 Å². The van der Waals surface area contributed by atoms with Gasteiger partial charge in [-0.25, -0.2) is 0 Å². The van der Waals surface area contributed by atoms with E-state index in [1.165, 1.54) is 63.4 Å². The van der Waals surface area contributed by atoms with Crippen LogP contribution in [-0.2, 0) is 0 Å². The van der Waals surface area contributed by atoms with E-state index in [0.717, 1.165) is 23.2 Å². The van der Waals surface area contributed by atoms with E-state index in [4.69, 9.17) is 0 Å². The minimum Gasteiger partial charge on any atom is -0.344 e. The summed E-state index contributed by atoms with van der Waals surface area (Å²) in [5, 5.41) is 0. The molecular formula is C21H33N. The molecule has 5 rings (SSSR count). The summed E-state index contributed by atoms with van der Waals surface area (Å²) in [4.78, 5) is 0. The molecule has 0 saturated heterocycles. The molecule has 0 aromatic heterocycles. The van der Waals surface area contributed by atoms with Crippen molar-refractivity contribution in [2.24, 2.45) is 34.0 Å². The van der Waals surface area contributed by atoms with Gasteiger partial charge in [0, 0.05) is 5.41 Å². The van der Waals surface area contributed by atoms with Crippen molar-refractivity contribution < 1.29 is 0 Å². The highest BCUT2D eigenvalue weighted by atomic mass is 14.9. The van der Waals surface area contributed by atoms with E-state index in [0.29, 0.717) is 10.8 Å². The van der Waals surface area contributed by atoms with Gasteiger partial charge in [0.05, 0.1) is 0 Å². The number of fused-ring (bicyclic) bond motifs is 1. The first-order valence-electron chi connectivity index (χ1n) is 9.42. The minimum atomic E-state index is 0. The third-order valence-electron chi connectivity index (χ3n) is 9.04. The monoisotopic (exact) mass is 299 g/mol. The molecule has 22 heavy (non-hydrogen) atoms. The Labute approximate surface area is 136 Å². The molecule has 5 aliphatic carbocycles. The van der Waals surface area contributed by atoms with Crippen LogP contribution < -0.4 is 6.15 Å². The first kappa shape index (κ1) is 15.0. The molecule has 4 fully saturated rings. The van der Waals surface area contributed by atoms with Crippen LogP contribution in [0.1, 0.15) is 71.6 Å². The fraction of sp³-hybridized carbons (Fsp3) is 0.810. The van der Waals surface area contributed by atoms with E-state index in [1.807, 2.05) is 5.57 Å². The number of allylic oxidation sites excluding steroid dienone is 3. The van der Waals surface area contributed by atoms with Gasteiger partial charge in [0.25, 0.3) is 0 Å². The van der Waals surface area contributed by atoms with Gasteiger partial charge in [-0.3, -0.25) is 0 Å². The summed E-state index contributed by atoms with van der Waals surface area (Å²) >= 11 is 0. The van der Waals surface area contributed by atoms with Gasteiger partial charge < -0.3 is 6.15 Å². The lowest BCUT2D eigenvalue weighted by Crippen LogP contribution is -2.39. The molecule has 0 aliphatic heterocycles. The first-order chi connectivity index (χ1) is 10.1. The molecular weight excluding hydrogens is 266 g/mol. The average molecular weight is 300 g/mol. The summed E-state index contributed by atoms with van der Waals surface area (Å²) in [5.74, 6) is 2.90. The molecule has 3 N–H and O–H groups in total. The van der Waals surface area contributed by atoms with Gasteiger partial charge in [-0.1, -0.05) is 30.7 Å². The molecule has 4 saturated carbocycles. The summed E-state index contributed by atoms with van der Waals surface area (Å²) in [6.45, 7) is 9.30. The minimum absolute atomic E-state index is 0. The van der Waals surface area contributed by atoms with Crippen LogP contribution in [0.3, 0.4) is 0 Å². The predicted octanol–water partition coefficient (Wildman–Crippen LogP) is 6.06. The molecule has 6 atom stereocenters. The molecule has 0 heterocycles. The molecule has 122 valence electrons. The van der Waals surface area contributed by atoms with Gasteiger partial charge in [-0.05, 0) is 93.3 Å². The van der Waals surface area contributed by atoms with Crippen molar-refractivity contribution in [1.29, 1.82) is 0 Å². The van der Waals surface area contributed by atoms with Crippen molar-refractivity contribution in [2.75, 3.05) is 0 Å². The van der Waals surface area contributed by atoms with Crippen LogP contribution >= 0.6 is 0 Å². The van der Waals surface area contributed by atoms with Gasteiger partial charge in [-0.2, -0.15) is 0 Å². The van der Waals surface area contributed by atoms with Crippen LogP contribution in [0.5, 0.6) is 0 Å². The van der Waals surface area contributed by atoms with Crippen molar-refractivity contribution >= 4 is 0 Å². The Kier molecular flexibility index (Phi) is 2.92. The van der Waals surface area contributed by atoms with Crippen molar-refractivity contribution in [3.63, 3.8) is 0 Å². The number of hydrogen-bond acceptors (Lipinski definition) is 1. The fourth-order valence-electron chi connectivity index (χ4n) is 8.64. The molecule has 2 spiro atoms. The maximum absolute atomic E-state index is 4.36. The van der Waals surface area contributed by atoms with E-state index >= 15 is 0 Å². The van der Waals surface area contributed by atoms with E-state index < -0.39 is 0 Å². The van der Waals surface area contributed by atoms with Crippen LogP contribution in [-0.4, -0.2) is 0 Å². The highest BCUT2D eigenvalue weighted by molar-refractivity contribution is 5.45. The fourth-order valence-corrected chi connectivity index (χ4v) is 8.64. The maximum atomic E-state index is 4.36. The standard InChI is InChI=1S/C21H30.H3N/c1-14(2)16-7-8-17-19(16,3)12-10-18-20-11-5-4-6-15(20)9-13-21(17,18)20;/h6,16-18H,1,4-5,7-13H2,2-3H3;1H3. The Bertz CT molecular complexity index is 560. The van der Waals surface area contributed by atoms with Crippen LogP contribution in [0.2, 0.25) is 0 Å². The second-order valence-corrected chi connectivity index (χ2v) is 9.26. The topological polar surface area (TPSA) is 35.0 Å². The zero-order chi connectivity index (χ0) is 14.5. The molecule has 0 radical (unpaired) electrons. The zero-order valence-corrected chi connectivity index (χ0v) is 14.6. The lowest BCUT2D eigenvalue weighted by Gasteiger charge is -2.45. The second-order valence-electron chi connectivity index (χ2n) is 9.26. The molecule has 0 aromatic rings. The average Bonchev–Trinajstić information content (AvgIpc) is 2.75. The summed E-state index contributed by atoms with van der Waals surface area (Å²) in [5.41, 5.74) is 5.43. The lowest BCUT2D eigenvalue weighted by atomic mass is 9.59. The van der Waals surface area contributed by atoms with E-state index in [-0.39, 0.29) is 6.15 Å². The van der Waals surface area contributed by atoms with Gasteiger partial charge in [0.2, 0.25) is 0 Å². The van der Waals surface area contributed by atoms with Crippen molar-refractivity contribution in [2.45, 2.75) is 71.6 Å². The van der Waals surface area contributed by atoms with Crippen LogP contribution in [0.15, 0.2) is 23.8 Å². The van der Waals surface area contributed by atoms with E-state index in [9.17, 15) is 0 Å². The molecule has 0 aromatic carbocycles. The second kappa shape index (κ2) is 4.29. The third kappa shape index (κ3) is 1.30. The molecule has 5 aliphatic rings. The summed E-state index contributed by atoms with van der Waals surface area (Å²) in [6, 6.07) is 0. The van der Waals surface area contributed by atoms with Gasteiger partial charge in [0.1, 0.15) is 0 Å². The summed E-state index contributed by atoms with van der Waals surface area (Å²) in [6.07, 6.45) is 16.0. The van der Waals surface area contributed by atoms with Crippen molar-refractivity contribution in [3.8, 4) is 0 Å². The molecule has 0 amide bonds. The van der Waals surface area contributed by atoms with Crippen LogP contribution in [0.4, 0.5) is 0 Å². The Morgan fingerprint density at radius 1 is 1.14 bits per heavy atom. The normalized spacial score (nSPS) is 54.3. The van der Waals surface area contributed by atoms with Gasteiger partial charge in [0.15, 0.2) is 0 Å². The van der Waals surface area contributed by atoms with Crippen molar-refractivity contribution in [3.05, 3.63) is 23.8 Å². The Morgan fingerprint density at radius 2 is 1.95 bits per heavy atom. The Balaban J connectivity index is 0.00000125. The van der Waals surface area contributed by atoms with Crippen LogP contribution in [0.25, 0.3) is 0 Å². The van der Waals surface area contributed by atoms with E-state index in [1.54, 1.807) is 0 Å². The van der Waals surface area contributed by atoms with Gasteiger partial charge in [-0.15, -0.1) is 0 Å². The molecule has 1 nitrogen and oxygen atoms in total. The highest BCUT2D eigenvalue weighted by Gasteiger charge is 2.84. The Morgan fingerprint density at radius 3 is 2.73 bits per heavy atom. The first-order valence-corrected chi connectivity index (χ1v) is 9.42. The predicted molar refractivity (Wildman–Crippen MR) is 92.9 cm³/mol. The molecule has 6 unspecified atom stereocenters. The maximum Gasteiger partial charge on any atom is 0.000826 e. The van der Waals surface area contributed by atoms with Gasteiger partial charge >= 0.3 is 0 Å². The summed E-state index contributed by atoms with van der Waals surface area (Å²) < 4.78 is 0. The quantitative estimate of drug-likeness (QED) is 0.587. The Hall–Kier alpha value is -0.560. The lowest BCUT2D eigenvalue weighted by molar-refractivity contribution is 0.0451. The smallest absolute Gasteiger partial charge is 0.000826 e. The molecule has 0 bridgehead atoms.